The van der Waals surface area contributed by atoms with Crippen molar-refractivity contribution in [3.8, 4) is 5.75 Å². The average Bonchev–Trinajstić information content (AvgIpc) is 2.34. The highest BCUT2D eigenvalue weighted by molar-refractivity contribution is 5.97. The van der Waals surface area contributed by atoms with E-state index in [1.54, 1.807) is 19.1 Å². The number of methoxy groups -OCH3 is 1. The van der Waals surface area contributed by atoms with E-state index in [1.807, 2.05) is 18.2 Å². The Balaban J connectivity index is 2.02. The first-order valence-corrected chi connectivity index (χ1v) is 5.83. The first kappa shape index (κ1) is 11.5. The standard InChI is InChI=1S/C13H15NO4/c1-14-10-5-9(13(16-2)7-17-8-13)3-4-11(10)18-6-12(14)15/h3-5H,6-8H2,1-2H3. The number of fused-ring (bicyclic) bond motifs is 1. The molecule has 1 fully saturated rings. The molecule has 1 saturated heterocycles. The van der Waals surface area contributed by atoms with Gasteiger partial charge in [-0.05, 0) is 17.7 Å². The van der Waals surface area contributed by atoms with Crippen molar-refractivity contribution in [2.45, 2.75) is 5.60 Å². The second-order valence-corrected chi connectivity index (χ2v) is 4.62. The van der Waals surface area contributed by atoms with Crippen molar-refractivity contribution >= 4 is 11.6 Å². The highest BCUT2D eigenvalue weighted by atomic mass is 16.6. The molecule has 0 spiro atoms. The number of nitrogens with zero attached hydrogens (tertiary/aromatic N) is 1. The molecule has 0 aromatic heterocycles. The zero-order valence-corrected chi connectivity index (χ0v) is 10.4. The van der Waals surface area contributed by atoms with Crippen molar-refractivity contribution in [2.75, 3.05) is 38.9 Å². The van der Waals surface area contributed by atoms with E-state index in [9.17, 15) is 4.79 Å². The van der Waals surface area contributed by atoms with E-state index < -0.39 is 0 Å². The summed E-state index contributed by atoms with van der Waals surface area (Å²) in [5.74, 6) is 0.684. The van der Waals surface area contributed by atoms with E-state index in [0.717, 1.165) is 17.0 Å². The maximum Gasteiger partial charge on any atom is 0.264 e. The van der Waals surface area contributed by atoms with Crippen LogP contribution in [0.15, 0.2) is 18.2 Å². The molecule has 0 unspecified atom stereocenters. The Morgan fingerprint density at radius 1 is 1.39 bits per heavy atom. The van der Waals surface area contributed by atoms with Gasteiger partial charge in [0, 0.05) is 14.2 Å². The Bertz CT molecular complexity index is 490. The topological polar surface area (TPSA) is 48.0 Å². The third-order valence-corrected chi connectivity index (χ3v) is 3.63. The van der Waals surface area contributed by atoms with Crippen LogP contribution in [0.25, 0.3) is 0 Å². The summed E-state index contributed by atoms with van der Waals surface area (Å²) in [6, 6.07) is 5.79. The van der Waals surface area contributed by atoms with Gasteiger partial charge in [-0.3, -0.25) is 4.79 Å². The molecule has 0 radical (unpaired) electrons. The van der Waals surface area contributed by atoms with Crippen LogP contribution in [0.3, 0.4) is 0 Å². The number of hydrogen-bond donors (Lipinski definition) is 0. The average molecular weight is 249 g/mol. The smallest absolute Gasteiger partial charge is 0.264 e. The molecule has 3 rings (SSSR count). The fourth-order valence-electron chi connectivity index (χ4n) is 2.25. The number of anilines is 1. The molecule has 2 heterocycles. The van der Waals surface area contributed by atoms with E-state index in [2.05, 4.69) is 0 Å². The van der Waals surface area contributed by atoms with E-state index in [0.29, 0.717) is 13.2 Å². The van der Waals surface area contributed by atoms with Crippen molar-refractivity contribution in [1.29, 1.82) is 0 Å². The lowest BCUT2D eigenvalue weighted by Gasteiger charge is -2.41. The minimum Gasteiger partial charge on any atom is -0.482 e. The van der Waals surface area contributed by atoms with Crippen molar-refractivity contribution in [3.05, 3.63) is 23.8 Å². The van der Waals surface area contributed by atoms with Gasteiger partial charge in [-0.1, -0.05) is 6.07 Å². The van der Waals surface area contributed by atoms with E-state index in [1.165, 1.54) is 0 Å². The number of amides is 1. The predicted octanol–water partition coefficient (Wildman–Crippen LogP) is 0.914. The molecular weight excluding hydrogens is 234 g/mol. The summed E-state index contributed by atoms with van der Waals surface area (Å²) in [7, 11) is 3.43. The largest absolute Gasteiger partial charge is 0.482 e. The number of ether oxygens (including phenoxy) is 3. The lowest BCUT2D eigenvalue weighted by molar-refractivity contribution is -0.202. The summed E-state index contributed by atoms with van der Waals surface area (Å²) >= 11 is 0. The normalized spacial score (nSPS) is 21.0. The Morgan fingerprint density at radius 3 is 2.78 bits per heavy atom. The monoisotopic (exact) mass is 249 g/mol. The molecule has 0 aliphatic carbocycles. The predicted molar refractivity (Wildman–Crippen MR) is 64.9 cm³/mol. The van der Waals surface area contributed by atoms with Crippen LogP contribution in [0.1, 0.15) is 5.56 Å². The summed E-state index contributed by atoms with van der Waals surface area (Å²) in [5, 5.41) is 0. The molecule has 1 amide bonds. The molecule has 0 N–H and O–H groups in total. The summed E-state index contributed by atoms with van der Waals surface area (Å²) in [6.45, 7) is 1.18. The van der Waals surface area contributed by atoms with Crippen LogP contribution in [0.4, 0.5) is 5.69 Å². The summed E-state index contributed by atoms with van der Waals surface area (Å²) in [6.07, 6.45) is 0. The van der Waals surface area contributed by atoms with Gasteiger partial charge in [0.15, 0.2) is 6.61 Å². The molecule has 96 valence electrons. The van der Waals surface area contributed by atoms with Crippen molar-refractivity contribution < 1.29 is 19.0 Å². The van der Waals surface area contributed by atoms with Gasteiger partial charge in [-0.25, -0.2) is 0 Å². The van der Waals surface area contributed by atoms with Crippen molar-refractivity contribution in [1.82, 2.24) is 0 Å². The zero-order chi connectivity index (χ0) is 12.8. The molecule has 2 aliphatic heterocycles. The van der Waals surface area contributed by atoms with E-state index in [-0.39, 0.29) is 18.1 Å². The first-order valence-electron chi connectivity index (χ1n) is 5.83. The van der Waals surface area contributed by atoms with Crippen LogP contribution in [0, 0.1) is 0 Å². The fraction of sp³-hybridized carbons (Fsp3) is 0.462. The zero-order valence-electron chi connectivity index (χ0n) is 10.4. The molecule has 5 nitrogen and oxygen atoms in total. The number of carbonyl (C=O) groups excluding carboxylic acids is 1. The van der Waals surface area contributed by atoms with Gasteiger partial charge in [-0.15, -0.1) is 0 Å². The molecule has 5 heteroatoms. The summed E-state index contributed by atoms with van der Waals surface area (Å²) in [5.41, 5.74) is 1.42. The maximum atomic E-state index is 11.6. The molecule has 1 aromatic carbocycles. The van der Waals surface area contributed by atoms with Crippen molar-refractivity contribution in [2.24, 2.45) is 0 Å². The Kier molecular flexibility index (Phi) is 2.53. The number of hydrogen-bond acceptors (Lipinski definition) is 4. The quantitative estimate of drug-likeness (QED) is 0.781. The molecular formula is C13H15NO4. The van der Waals surface area contributed by atoms with Crippen LogP contribution in [0.5, 0.6) is 5.75 Å². The minimum absolute atomic E-state index is 0.0454. The minimum atomic E-state index is -0.379. The number of likely N-dealkylation sites (N-methyl/N-ethyl adjacent to an activating group) is 1. The molecule has 1 aromatic rings. The van der Waals surface area contributed by atoms with Gasteiger partial charge in [0.1, 0.15) is 11.4 Å². The number of carbonyl (C=O) groups is 1. The lowest BCUT2D eigenvalue weighted by Crippen LogP contribution is -2.48. The van der Waals surface area contributed by atoms with Gasteiger partial charge in [-0.2, -0.15) is 0 Å². The molecule has 0 saturated carbocycles. The van der Waals surface area contributed by atoms with Crippen molar-refractivity contribution in [3.63, 3.8) is 0 Å². The highest BCUT2D eigenvalue weighted by Crippen LogP contribution is 2.39. The fourth-order valence-corrected chi connectivity index (χ4v) is 2.25. The Morgan fingerprint density at radius 2 is 2.17 bits per heavy atom. The number of benzene rings is 1. The van der Waals surface area contributed by atoms with Gasteiger partial charge >= 0.3 is 0 Å². The third kappa shape index (κ3) is 1.51. The highest BCUT2D eigenvalue weighted by Gasteiger charge is 2.41. The Hall–Kier alpha value is -1.59. The second kappa shape index (κ2) is 3.96. The van der Waals surface area contributed by atoms with Gasteiger partial charge < -0.3 is 19.1 Å². The van der Waals surface area contributed by atoms with Gasteiger partial charge in [0.05, 0.1) is 18.9 Å². The molecule has 18 heavy (non-hydrogen) atoms. The van der Waals surface area contributed by atoms with Crippen LogP contribution in [-0.4, -0.2) is 39.9 Å². The van der Waals surface area contributed by atoms with Crippen LogP contribution < -0.4 is 9.64 Å². The van der Waals surface area contributed by atoms with Gasteiger partial charge in [0.2, 0.25) is 0 Å². The SMILES string of the molecule is COC1(c2ccc3c(c2)N(C)C(=O)CO3)COC1. The van der Waals surface area contributed by atoms with E-state index in [4.69, 9.17) is 14.2 Å². The lowest BCUT2D eigenvalue weighted by atomic mass is 9.91. The number of rotatable bonds is 2. The van der Waals surface area contributed by atoms with E-state index >= 15 is 0 Å². The van der Waals surface area contributed by atoms with Crippen LogP contribution >= 0.6 is 0 Å². The molecule has 0 atom stereocenters. The Labute approximate surface area is 105 Å². The molecule has 2 aliphatic rings. The summed E-state index contributed by atoms with van der Waals surface area (Å²) < 4.78 is 16.2. The summed E-state index contributed by atoms with van der Waals surface area (Å²) in [4.78, 5) is 13.2. The van der Waals surface area contributed by atoms with Gasteiger partial charge in [0.25, 0.3) is 5.91 Å². The molecule has 0 bridgehead atoms. The van der Waals surface area contributed by atoms with Crippen LogP contribution in [0.2, 0.25) is 0 Å². The van der Waals surface area contributed by atoms with Crippen LogP contribution in [-0.2, 0) is 19.9 Å². The third-order valence-electron chi connectivity index (χ3n) is 3.63. The second-order valence-electron chi connectivity index (χ2n) is 4.62. The first-order chi connectivity index (χ1) is 8.66. The maximum absolute atomic E-state index is 11.6.